The van der Waals surface area contributed by atoms with Crippen molar-refractivity contribution >= 4 is 11.8 Å². The van der Waals surface area contributed by atoms with E-state index in [4.69, 9.17) is 4.74 Å². The predicted octanol–water partition coefficient (Wildman–Crippen LogP) is -0.920. The number of aryl methyl sites for hydroxylation is 3. The first kappa shape index (κ1) is 21.1. The van der Waals surface area contributed by atoms with E-state index in [1.165, 1.54) is 0 Å². The van der Waals surface area contributed by atoms with Crippen molar-refractivity contribution in [2.24, 2.45) is 0 Å². The second kappa shape index (κ2) is 9.51. The predicted molar refractivity (Wildman–Crippen MR) is 90.6 cm³/mol. The number of Topliss-reactive ketones (excluding diaryl/α,β-unsaturated/α-hetero) is 1. The molecule has 0 N–H and O–H groups in total. The van der Waals surface area contributed by atoms with E-state index in [-0.39, 0.29) is 41.8 Å². The van der Waals surface area contributed by atoms with Gasteiger partial charge in [0.1, 0.15) is 6.54 Å². The average molecular weight is 409 g/mol. The Kier molecular flexibility index (Phi) is 8.03. The third-order valence-electron chi connectivity index (χ3n) is 4.15. The minimum Gasteiger partial charge on any atom is -1.00 e. The first-order valence-corrected chi connectivity index (χ1v) is 8.20. The van der Waals surface area contributed by atoms with Crippen molar-refractivity contribution in [3.8, 4) is 0 Å². The summed E-state index contributed by atoms with van der Waals surface area (Å²) in [5.41, 5.74) is 4.29. The molecule has 0 fully saturated rings. The van der Waals surface area contributed by atoms with Crippen LogP contribution in [0.4, 0.5) is 0 Å². The van der Waals surface area contributed by atoms with Crippen LogP contribution in [0, 0.1) is 20.8 Å². The molecule has 2 aromatic rings. The number of carbonyl (C=O) groups is 2. The van der Waals surface area contributed by atoms with Gasteiger partial charge in [0.15, 0.2) is 12.0 Å². The summed E-state index contributed by atoms with van der Waals surface area (Å²) < 4.78 is 8.54. The van der Waals surface area contributed by atoms with E-state index < -0.39 is 0 Å². The van der Waals surface area contributed by atoms with Gasteiger partial charge in [-0.15, -0.1) is 4.68 Å². The highest BCUT2D eigenvalue weighted by molar-refractivity contribution is 5.81. The van der Waals surface area contributed by atoms with Crippen molar-refractivity contribution in [2.75, 3.05) is 6.61 Å². The van der Waals surface area contributed by atoms with E-state index in [1.807, 2.05) is 49.7 Å². The minimum absolute atomic E-state index is 0. The van der Waals surface area contributed by atoms with Crippen LogP contribution in [0.15, 0.2) is 30.5 Å². The van der Waals surface area contributed by atoms with Crippen molar-refractivity contribution < 1.29 is 36.0 Å². The maximum atomic E-state index is 12.5. The zero-order valence-electron chi connectivity index (χ0n) is 15.2. The lowest BCUT2D eigenvalue weighted by molar-refractivity contribution is -0.764. The Bertz CT molecular complexity index is 733. The van der Waals surface area contributed by atoms with Crippen LogP contribution in [0.2, 0.25) is 0 Å². The molecule has 0 saturated carbocycles. The number of carbonyl (C=O) groups excluding carboxylic acids is 2. The molecule has 1 heterocycles. The third kappa shape index (κ3) is 5.53. The standard InChI is InChI=1S/C19H25N2O3.BrH/c1-5-24-19(23)13-20-10-9-16(4)21(20)12-17(22)11-18-14(2)7-6-8-15(18)3;/h6-10H,5,11-13H2,1-4H3;1H/q+1;/p-1. The van der Waals surface area contributed by atoms with Crippen molar-refractivity contribution in [3.05, 3.63) is 52.8 Å². The largest absolute Gasteiger partial charge is 1.00 e. The second-order valence-corrected chi connectivity index (χ2v) is 6.00. The molecule has 1 aromatic heterocycles. The molecule has 1 aromatic carbocycles. The SMILES string of the molecule is CCOC(=O)C[n+]1ccc(C)n1CC(=O)Cc1c(C)cccc1C.[Br-]. The fourth-order valence-electron chi connectivity index (χ4n) is 2.80. The fourth-order valence-corrected chi connectivity index (χ4v) is 2.80. The van der Waals surface area contributed by atoms with Crippen LogP contribution in [-0.2, 0) is 33.8 Å². The van der Waals surface area contributed by atoms with Gasteiger partial charge in [-0.1, -0.05) is 18.2 Å². The molecule has 0 atom stereocenters. The maximum Gasteiger partial charge on any atom is 0.375 e. The van der Waals surface area contributed by atoms with E-state index in [2.05, 4.69) is 0 Å². The molecule has 2 rings (SSSR count). The third-order valence-corrected chi connectivity index (χ3v) is 4.15. The van der Waals surface area contributed by atoms with Gasteiger partial charge in [-0.25, -0.2) is 4.79 Å². The Labute approximate surface area is 159 Å². The lowest BCUT2D eigenvalue weighted by Gasteiger charge is -2.09. The Balaban J connectivity index is 0.00000312. The summed E-state index contributed by atoms with van der Waals surface area (Å²) >= 11 is 0. The summed E-state index contributed by atoms with van der Waals surface area (Å²) in [4.78, 5) is 24.2. The summed E-state index contributed by atoms with van der Waals surface area (Å²) in [6, 6.07) is 7.95. The first-order valence-electron chi connectivity index (χ1n) is 8.20. The molecule has 0 radical (unpaired) electrons. The van der Waals surface area contributed by atoms with E-state index in [0.29, 0.717) is 13.0 Å². The number of ketones is 1. The van der Waals surface area contributed by atoms with Gasteiger partial charge in [-0.05, 0) is 44.4 Å². The normalized spacial score (nSPS) is 10.2. The summed E-state index contributed by atoms with van der Waals surface area (Å²) in [7, 11) is 0. The number of benzene rings is 1. The molecule has 136 valence electrons. The Morgan fingerprint density at radius 1 is 1.12 bits per heavy atom. The summed E-state index contributed by atoms with van der Waals surface area (Å²) in [6.45, 7) is 8.46. The van der Waals surface area contributed by atoms with Gasteiger partial charge in [-0.2, -0.15) is 4.68 Å². The van der Waals surface area contributed by atoms with Crippen LogP contribution in [0.1, 0.15) is 29.3 Å². The number of aromatic nitrogens is 2. The molecule has 0 amide bonds. The van der Waals surface area contributed by atoms with Gasteiger partial charge >= 0.3 is 5.97 Å². The van der Waals surface area contributed by atoms with Crippen LogP contribution in [0.3, 0.4) is 0 Å². The molecule has 0 aliphatic carbocycles. The molecule has 0 bridgehead atoms. The second-order valence-electron chi connectivity index (χ2n) is 6.00. The molecule has 25 heavy (non-hydrogen) atoms. The number of halogens is 1. The summed E-state index contributed by atoms with van der Waals surface area (Å²) in [5, 5.41) is 0. The Morgan fingerprint density at radius 3 is 2.36 bits per heavy atom. The quantitative estimate of drug-likeness (QED) is 0.439. The van der Waals surface area contributed by atoms with Gasteiger partial charge < -0.3 is 21.7 Å². The number of rotatable bonds is 7. The molecular weight excluding hydrogens is 384 g/mol. The molecule has 6 heteroatoms. The van der Waals surface area contributed by atoms with Crippen LogP contribution < -0.4 is 21.7 Å². The minimum atomic E-state index is -0.302. The van der Waals surface area contributed by atoms with Gasteiger partial charge in [0.2, 0.25) is 0 Å². The number of hydrogen-bond acceptors (Lipinski definition) is 3. The monoisotopic (exact) mass is 408 g/mol. The Hall–Kier alpha value is -1.95. The van der Waals surface area contributed by atoms with E-state index in [9.17, 15) is 9.59 Å². The molecular formula is C19H25BrN2O3. The van der Waals surface area contributed by atoms with E-state index >= 15 is 0 Å². The van der Waals surface area contributed by atoms with Crippen molar-refractivity contribution in [1.82, 2.24) is 4.68 Å². The fraction of sp³-hybridized carbons (Fsp3) is 0.421. The van der Waals surface area contributed by atoms with Gasteiger partial charge in [0, 0.05) is 12.5 Å². The highest BCUT2D eigenvalue weighted by atomic mass is 79.9. The highest BCUT2D eigenvalue weighted by Gasteiger charge is 2.20. The zero-order valence-corrected chi connectivity index (χ0v) is 16.8. The number of nitrogens with zero attached hydrogens (tertiary/aromatic N) is 2. The summed E-state index contributed by atoms with van der Waals surface area (Å²) in [6.07, 6.45) is 2.20. The van der Waals surface area contributed by atoms with Crippen molar-refractivity contribution in [3.63, 3.8) is 0 Å². The van der Waals surface area contributed by atoms with Crippen LogP contribution in [-0.4, -0.2) is 23.0 Å². The van der Waals surface area contributed by atoms with Gasteiger partial charge in [-0.3, -0.25) is 4.79 Å². The van der Waals surface area contributed by atoms with E-state index in [1.54, 1.807) is 17.8 Å². The van der Waals surface area contributed by atoms with E-state index in [0.717, 1.165) is 22.4 Å². The average Bonchev–Trinajstić information content (AvgIpc) is 2.84. The number of hydrogen-bond donors (Lipinski definition) is 0. The number of esters is 1. The smallest absolute Gasteiger partial charge is 0.375 e. The molecule has 0 saturated heterocycles. The van der Waals surface area contributed by atoms with Crippen molar-refractivity contribution in [1.29, 1.82) is 0 Å². The molecule has 0 spiro atoms. The molecule has 5 nitrogen and oxygen atoms in total. The maximum absolute atomic E-state index is 12.5. The van der Waals surface area contributed by atoms with Crippen molar-refractivity contribution in [2.45, 2.75) is 47.2 Å². The van der Waals surface area contributed by atoms with Crippen LogP contribution in [0.5, 0.6) is 0 Å². The Morgan fingerprint density at radius 2 is 1.76 bits per heavy atom. The van der Waals surface area contributed by atoms with Crippen LogP contribution >= 0.6 is 0 Å². The van der Waals surface area contributed by atoms with Gasteiger partial charge in [0.25, 0.3) is 6.54 Å². The first-order chi connectivity index (χ1) is 11.4. The number of ether oxygens (including phenoxy) is 1. The molecule has 0 aliphatic rings. The lowest BCUT2D eigenvalue weighted by atomic mass is 9.98. The van der Waals surface area contributed by atoms with Gasteiger partial charge in [0.05, 0.1) is 12.3 Å². The topological polar surface area (TPSA) is 52.2 Å². The molecule has 0 aliphatic heterocycles. The lowest BCUT2D eigenvalue weighted by Crippen LogP contribution is -3.00. The molecule has 0 unspecified atom stereocenters. The highest BCUT2D eigenvalue weighted by Crippen LogP contribution is 2.14. The zero-order chi connectivity index (χ0) is 17.7. The van der Waals surface area contributed by atoms with Crippen LogP contribution in [0.25, 0.3) is 0 Å². The summed E-state index contributed by atoms with van der Waals surface area (Å²) in [5.74, 6) is -0.187.